The van der Waals surface area contributed by atoms with Crippen molar-refractivity contribution in [3.8, 4) is 11.5 Å². The lowest BCUT2D eigenvalue weighted by molar-refractivity contribution is 0.0598. The van der Waals surface area contributed by atoms with Crippen molar-refractivity contribution in [1.29, 1.82) is 0 Å². The van der Waals surface area contributed by atoms with Crippen molar-refractivity contribution in [1.82, 2.24) is 20.8 Å². The second-order valence-electron chi connectivity index (χ2n) is 7.16. The van der Waals surface area contributed by atoms with E-state index in [9.17, 15) is 14.7 Å². The van der Waals surface area contributed by atoms with Gasteiger partial charge in [0.25, 0.3) is 0 Å². The van der Waals surface area contributed by atoms with Crippen LogP contribution in [0.4, 0.5) is 4.79 Å². The van der Waals surface area contributed by atoms with Crippen LogP contribution in [-0.2, 0) is 21.8 Å². The summed E-state index contributed by atoms with van der Waals surface area (Å²) in [5.41, 5.74) is 1.30. The molecule has 36 heavy (non-hydrogen) atoms. The number of benzene rings is 1. The van der Waals surface area contributed by atoms with Gasteiger partial charge >= 0.3 is 12.1 Å². The predicted molar refractivity (Wildman–Crippen MR) is 141 cm³/mol. The lowest BCUT2D eigenvalue weighted by atomic mass is 10.0. The monoisotopic (exact) mass is 556 g/mol. The minimum absolute atomic E-state index is 0.0249. The maximum atomic E-state index is 12.4. The summed E-state index contributed by atoms with van der Waals surface area (Å²) in [5, 5.41) is 20.0. The number of hydrogen-bond acceptors (Lipinski definition) is 12. The summed E-state index contributed by atoms with van der Waals surface area (Å²) in [6, 6.07) is 1.07. The third-order valence-electron chi connectivity index (χ3n) is 4.64. The molecule has 1 heterocycles. The number of aromatic nitrogens is 2. The molecule has 1 aromatic heterocycles. The molecule has 1 amide bonds. The largest absolute Gasteiger partial charge is 0.507 e. The van der Waals surface area contributed by atoms with Gasteiger partial charge in [-0.25, -0.2) is 9.59 Å². The number of ether oxygens (including phenoxy) is 3. The third kappa shape index (κ3) is 8.31. The molecule has 0 aliphatic rings. The molecular weight excluding hydrogens is 528 g/mol. The van der Waals surface area contributed by atoms with Crippen molar-refractivity contribution < 1.29 is 33.4 Å². The fraction of sp³-hybridized carbons (Fsp3) is 0.409. The standard InChI is InChI=1S/C22H28N4O7S3/c1-6-7-32-22(29)23-9-18-25-20(33-26-18)15(24-13(3)34)11-36-35-10-14-16(27)8-17(30-4)12(2)19(14)21(28)31-5/h6,8,15,27H,1,7,9-11H2,2-5H3,(H,23,29)(H,24,34)/t15-/m0/s1. The minimum Gasteiger partial charge on any atom is -0.507 e. The van der Waals surface area contributed by atoms with Crippen LogP contribution in [0.3, 0.4) is 0 Å². The van der Waals surface area contributed by atoms with Gasteiger partial charge < -0.3 is 34.5 Å². The van der Waals surface area contributed by atoms with E-state index in [0.29, 0.717) is 39.3 Å². The first kappa shape index (κ1) is 29.3. The average molecular weight is 557 g/mol. The fourth-order valence-corrected chi connectivity index (χ4v) is 5.38. The summed E-state index contributed by atoms with van der Waals surface area (Å²) in [7, 11) is 5.62. The number of alkyl carbamates (subject to hydrolysis) is 1. The first-order valence-corrected chi connectivity index (χ1v) is 13.4. The summed E-state index contributed by atoms with van der Waals surface area (Å²) >= 11 is 5.18. The number of esters is 1. The number of phenolic OH excluding ortho intramolecular Hbond substituents is 1. The van der Waals surface area contributed by atoms with Crippen LogP contribution in [0, 0.1) is 6.92 Å². The van der Waals surface area contributed by atoms with Crippen LogP contribution in [-0.4, -0.2) is 58.9 Å². The number of methoxy groups -OCH3 is 2. The van der Waals surface area contributed by atoms with Gasteiger partial charge in [-0.15, -0.1) is 0 Å². The van der Waals surface area contributed by atoms with Gasteiger partial charge in [0.15, 0.2) is 5.82 Å². The molecule has 14 heteroatoms. The normalized spacial score (nSPS) is 11.3. The Morgan fingerprint density at radius 2 is 2.11 bits per heavy atom. The van der Waals surface area contributed by atoms with Crippen molar-refractivity contribution in [3.63, 3.8) is 0 Å². The Morgan fingerprint density at radius 1 is 1.36 bits per heavy atom. The molecule has 0 fully saturated rings. The van der Waals surface area contributed by atoms with Gasteiger partial charge in [0.1, 0.15) is 24.1 Å². The van der Waals surface area contributed by atoms with E-state index in [1.54, 1.807) is 13.8 Å². The van der Waals surface area contributed by atoms with Crippen LogP contribution in [0.15, 0.2) is 23.2 Å². The highest BCUT2D eigenvalue weighted by molar-refractivity contribution is 8.76. The van der Waals surface area contributed by atoms with Crippen molar-refractivity contribution in [2.75, 3.05) is 26.6 Å². The van der Waals surface area contributed by atoms with Crippen LogP contribution in [0.2, 0.25) is 0 Å². The first-order chi connectivity index (χ1) is 17.2. The molecule has 3 N–H and O–H groups in total. The van der Waals surface area contributed by atoms with Gasteiger partial charge in [-0.2, -0.15) is 4.98 Å². The number of aromatic hydroxyl groups is 1. The molecule has 0 aliphatic heterocycles. The number of nitrogens with one attached hydrogen (secondary N) is 2. The molecule has 0 saturated carbocycles. The van der Waals surface area contributed by atoms with E-state index in [0.717, 1.165) is 0 Å². The van der Waals surface area contributed by atoms with E-state index >= 15 is 0 Å². The highest BCUT2D eigenvalue weighted by atomic mass is 33.1. The van der Waals surface area contributed by atoms with Gasteiger partial charge in [-0.05, 0) is 13.8 Å². The highest BCUT2D eigenvalue weighted by Gasteiger charge is 2.24. The van der Waals surface area contributed by atoms with Gasteiger partial charge in [-0.3, -0.25) is 0 Å². The maximum absolute atomic E-state index is 12.4. The van der Waals surface area contributed by atoms with Crippen LogP contribution in [0.25, 0.3) is 0 Å². The Balaban J connectivity index is 2.04. The van der Waals surface area contributed by atoms with Gasteiger partial charge in [-0.1, -0.05) is 51.6 Å². The number of amides is 1. The average Bonchev–Trinajstić information content (AvgIpc) is 3.33. The van der Waals surface area contributed by atoms with Crippen LogP contribution < -0.4 is 15.4 Å². The molecule has 0 aliphatic carbocycles. The topological polar surface area (TPSA) is 145 Å². The minimum atomic E-state index is -0.624. The molecule has 0 bridgehead atoms. The Morgan fingerprint density at radius 3 is 2.75 bits per heavy atom. The molecule has 196 valence electrons. The Hall–Kier alpha value is -2.97. The van der Waals surface area contributed by atoms with E-state index < -0.39 is 18.1 Å². The summed E-state index contributed by atoms with van der Waals surface area (Å²) in [6.45, 7) is 7.05. The fourth-order valence-electron chi connectivity index (χ4n) is 2.99. The molecule has 0 unspecified atom stereocenters. The Labute approximate surface area is 222 Å². The quantitative estimate of drug-likeness (QED) is 0.108. The number of hydrogen-bond donors (Lipinski definition) is 3. The molecule has 2 aromatic rings. The lowest BCUT2D eigenvalue weighted by Crippen LogP contribution is -2.27. The lowest BCUT2D eigenvalue weighted by Gasteiger charge is -2.17. The molecule has 0 saturated heterocycles. The molecule has 0 radical (unpaired) electrons. The van der Waals surface area contributed by atoms with Crippen molar-refractivity contribution in [3.05, 3.63) is 47.1 Å². The molecule has 11 nitrogen and oxygen atoms in total. The second kappa shape index (κ2) is 14.6. The SMILES string of the molecule is C=CCOC(=O)NCc1noc([C@H](CSSCc2c(O)cc(OC)c(C)c2C(=O)OC)NC(C)=S)n1. The van der Waals surface area contributed by atoms with Crippen molar-refractivity contribution in [2.24, 2.45) is 0 Å². The molecule has 1 atom stereocenters. The molecule has 0 spiro atoms. The summed E-state index contributed by atoms with van der Waals surface area (Å²) in [4.78, 5) is 28.8. The molecule has 2 rings (SSSR count). The number of carbonyl (C=O) groups is 2. The summed E-state index contributed by atoms with van der Waals surface area (Å²) in [5.74, 6) is 1.13. The van der Waals surface area contributed by atoms with E-state index in [1.807, 2.05) is 0 Å². The van der Waals surface area contributed by atoms with Gasteiger partial charge in [0, 0.05) is 28.7 Å². The zero-order valence-corrected chi connectivity index (χ0v) is 22.7. The van der Waals surface area contributed by atoms with Crippen LogP contribution >= 0.6 is 33.8 Å². The first-order valence-electron chi connectivity index (χ1n) is 10.5. The number of carbonyl (C=O) groups excluding carboxylic acids is 2. The predicted octanol–water partition coefficient (Wildman–Crippen LogP) is 3.85. The molecular formula is C22H28N4O7S3. The van der Waals surface area contributed by atoms with Crippen LogP contribution in [0.1, 0.15) is 46.2 Å². The van der Waals surface area contributed by atoms with E-state index in [-0.39, 0.29) is 30.3 Å². The number of rotatable bonds is 13. The second-order valence-corrected chi connectivity index (χ2v) is 10.3. The van der Waals surface area contributed by atoms with Crippen molar-refractivity contribution in [2.45, 2.75) is 32.2 Å². The van der Waals surface area contributed by atoms with E-state index in [2.05, 4.69) is 27.4 Å². The van der Waals surface area contributed by atoms with E-state index in [1.165, 1.54) is 47.9 Å². The third-order valence-corrected chi connectivity index (χ3v) is 7.06. The smallest absolute Gasteiger partial charge is 0.407 e. The highest BCUT2D eigenvalue weighted by Crippen LogP contribution is 2.38. The Bertz CT molecular complexity index is 1090. The number of phenols is 1. The van der Waals surface area contributed by atoms with Crippen LogP contribution in [0.5, 0.6) is 11.5 Å². The summed E-state index contributed by atoms with van der Waals surface area (Å²) in [6.07, 6.45) is 0.833. The number of nitrogens with zero attached hydrogens (tertiary/aromatic N) is 2. The zero-order valence-electron chi connectivity index (χ0n) is 20.3. The van der Waals surface area contributed by atoms with Gasteiger partial charge in [0.05, 0.1) is 31.3 Å². The zero-order chi connectivity index (χ0) is 26.7. The van der Waals surface area contributed by atoms with Crippen molar-refractivity contribution >= 4 is 50.9 Å². The molecule has 1 aromatic carbocycles. The number of thiocarbonyl (C=S) groups is 1. The van der Waals surface area contributed by atoms with E-state index in [4.69, 9.17) is 31.0 Å². The maximum Gasteiger partial charge on any atom is 0.407 e. The Kier molecular flexibility index (Phi) is 11.8. The summed E-state index contributed by atoms with van der Waals surface area (Å²) < 4.78 is 20.3. The van der Waals surface area contributed by atoms with Gasteiger partial charge in [0.2, 0.25) is 5.89 Å².